The van der Waals surface area contributed by atoms with Crippen molar-refractivity contribution in [2.24, 2.45) is 0 Å². The first-order chi connectivity index (χ1) is 15.2. The van der Waals surface area contributed by atoms with Crippen LogP contribution in [0.25, 0.3) is 0 Å². The molecule has 33 heavy (non-hydrogen) atoms. The van der Waals surface area contributed by atoms with E-state index in [0.29, 0.717) is 6.20 Å². The third-order valence-electron chi connectivity index (χ3n) is 5.26. The average Bonchev–Trinajstić information content (AvgIpc) is 2.86. The molecule has 0 unspecified atom stereocenters. The first kappa shape index (κ1) is 24.8. The zero-order chi connectivity index (χ0) is 24.6. The van der Waals surface area contributed by atoms with E-state index in [1.807, 2.05) is 0 Å². The molecule has 1 atom stereocenters. The Labute approximate surface area is 187 Å². The molecule has 1 amide bonds. The Morgan fingerprint density at radius 1 is 1.24 bits per heavy atom. The van der Waals surface area contributed by atoms with Crippen molar-refractivity contribution in [2.75, 3.05) is 29.6 Å². The summed E-state index contributed by atoms with van der Waals surface area (Å²) >= 11 is 0. The fourth-order valence-corrected chi connectivity index (χ4v) is 4.17. The first-order valence-electron chi connectivity index (χ1n) is 9.90. The highest BCUT2D eigenvalue weighted by molar-refractivity contribution is 7.91. The number of rotatable bonds is 4. The van der Waals surface area contributed by atoms with Gasteiger partial charge >= 0.3 is 6.18 Å². The third-order valence-corrected chi connectivity index (χ3v) is 6.28. The smallest absolute Gasteiger partial charge is 0.356 e. The first-order valence-corrected chi connectivity index (χ1v) is 11.9. The van der Waals surface area contributed by atoms with Gasteiger partial charge in [-0.2, -0.15) is 13.2 Å². The maximum absolute atomic E-state index is 13.8. The topological polar surface area (TPSA) is 99.0 Å². The van der Waals surface area contributed by atoms with E-state index in [0.717, 1.165) is 13.2 Å². The molecular formula is C20H22F5N5O2S. The summed E-state index contributed by atoms with van der Waals surface area (Å²) in [7, 11) is -3.20. The van der Waals surface area contributed by atoms with Crippen molar-refractivity contribution in [1.82, 2.24) is 9.97 Å². The molecule has 3 heterocycles. The molecule has 1 saturated heterocycles. The molecule has 2 aromatic heterocycles. The van der Waals surface area contributed by atoms with Gasteiger partial charge in [-0.3, -0.25) is 4.79 Å². The van der Waals surface area contributed by atoms with Crippen LogP contribution in [-0.4, -0.2) is 45.4 Å². The number of carbonyl (C=O) groups excluding carboxylic acids is 1. The fourth-order valence-electron chi connectivity index (χ4n) is 3.56. The minimum Gasteiger partial charge on any atom is -0.356 e. The largest absolute Gasteiger partial charge is 0.418 e. The molecule has 0 spiro atoms. The normalized spacial score (nSPS) is 18.3. The molecule has 0 aliphatic carbocycles. The van der Waals surface area contributed by atoms with Crippen LogP contribution in [-0.2, 0) is 15.9 Å². The second-order valence-corrected chi connectivity index (χ2v) is 9.98. The summed E-state index contributed by atoms with van der Waals surface area (Å²) in [5, 5.41) is 2.32. The summed E-state index contributed by atoms with van der Waals surface area (Å²) in [6.07, 6.45) is -2.64. The van der Waals surface area contributed by atoms with Gasteiger partial charge in [-0.05, 0) is 31.0 Å². The van der Waals surface area contributed by atoms with Gasteiger partial charge in [-0.1, -0.05) is 0 Å². The molecule has 1 aliphatic rings. The lowest BCUT2D eigenvalue weighted by molar-refractivity contribution is -0.138. The Hall–Kier alpha value is -2.83. The van der Waals surface area contributed by atoms with Crippen molar-refractivity contribution >= 4 is 27.1 Å². The summed E-state index contributed by atoms with van der Waals surface area (Å²) in [5.74, 6) is -3.97. The minimum absolute atomic E-state index is 0.0667. The standard InChI is InChI=1S/C20H22F5N5O2S/c1-12-14(20(23,24)25)11-28-17(30-8-3-5-19(21,22)6-9-30)16(12)18(31)29-13-4-7-27-15(10-13)33(2,26)32/h4,7,10-11,26H,3,5-6,8-9H2,1-2H3,(H,27,29,31)/t33-/m1/s1. The van der Waals surface area contributed by atoms with Crippen molar-refractivity contribution in [3.63, 3.8) is 0 Å². The summed E-state index contributed by atoms with van der Waals surface area (Å²) in [6, 6.07) is 2.52. The number of amides is 1. The van der Waals surface area contributed by atoms with Gasteiger partial charge < -0.3 is 10.2 Å². The third kappa shape index (κ3) is 5.75. The molecule has 180 valence electrons. The Morgan fingerprint density at radius 2 is 1.94 bits per heavy atom. The number of aromatic nitrogens is 2. The van der Waals surface area contributed by atoms with Crippen LogP contribution >= 0.6 is 0 Å². The van der Waals surface area contributed by atoms with Crippen molar-refractivity contribution in [3.8, 4) is 0 Å². The average molecular weight is 491 g/mol. The van der Waals surface area contributed by atoms with E-state index in [-0.39, 0.29) is 42.5 Å². The molecule has 3 rings (SSSR count). The number of hydrogen-bond donors (Lipinski definition) is 2. The summed E-state index contributed by atoms with van der Waals surface area (Å²) in [5.41, 5.74) is -1.83. The number of carbonyl (C=O) groups is 1. The van der Waals surface area contributed by atoms with Gasteiger partial charge in [0.25, 0.3) is 5.91 Å². The Bertz CT molecular complexity index is 1170. The molecule has 0 aromatic carbocycles. The van der Waals surface area contributed by atoms with Crippen LogP contribution in [0, 0.1) is 11.7 Å². The van der Waals surface area contributed by atoms with Crippen LogP contribution in [0.5, 0.6) is 0 Å². The van der Waals surface area contributed by atoms with E-state index in [4.69, 9.17) is 4.78 Å². The van der Waals surface area contributed by atoms with Crippen molar-refractivity contribution in [2.45, 2.75) is 43.3 Å². The Balaban J connectivity index is 2.05. The van der Waals surface area contributed by atoms with Crippen molar-refractivity contribution < 1.29 is 31.0 Å². The SMILES string of the molecule is Cc1c(C(F)(F)F)cnc(N2CCCC(F)(F)CC2)c1C(=O)Nc1ccnc([S@](C)(=N)=O)c1. The number of nitrogens with one attached hydrogen (secondary N) is 2. The molecule has 7 nitrogen and oxygen atoms in total. The predicted octanol–water partition coefficient (Wildman–Crippen LogP) is 4.72. The minimum atomic E-state index is -4.78. The van der Waals surface area contributed by atoms with Crippen LogP contribution < -0.4 is 10.2 Å². The number of anilines is 2. The molecule has 1 fully saturated rings. The van der Waals surface area contributed by atoms with Gasteiger partial charge in [-0.25, -0.2) is 27.7 Å². The van der Waals surface area contributed by atoms with E-state index in [1.54, 1.807) is 0 Å². The summed E-state index contributed by atoms with van der Waals surface area (Å²) in [4.78, 5) is 22.2. The van der Waals surface area contributed by atoms with Crippen molar-refractivity contribution in [3.05, 3.63) is 41.2 Å². The lowest BCUT2D eigenvalue weighted by Crippen LogP contribution is -2.30. The fraction of sp³-hybridized carbons (Fsp3) is 0.450. The molecule has 2 aromatic rings. The van der Waals surface area contributed by atoms with Crippen molar-refractivity contribution in [1.29, 1.82) is 4.78 Å². The lowest BCUT2D eigenvalue weighted by atomic mass is 10.0. The lowest BCUT2D eigenvalue weighted by Gasteiger charge is -2.26. The molecule has 1 aliphatic heterocycles. The highest BCUT2D eigenvalue weighted by Gasteiger charge is 2.38. The van der Waals surface area contributed by atoms with Crippen LogP contribution in [0.3, 0.4) is 0 Å². The predicted molar refractivity (Wildman–Crippen MR) is 112 cm³/mol. The van der Waals surface area contributed by atoms with Gasteiger partial charge in [-0.15, -0.1) is 0 Å². The van der Waals surface area contributed by atoms with E-state index in [1.165, 1.54) is 23.2 Å². The maximum Gasteiger partial charge on any atom is 0.418 e. The zero-order valence-electron chi connectivity index (χ0n) is 17.8. The molecule has 0 saturated carbocycles. The zero-order valence-corrected chi connectivity index (χ0v) is 18.6. The van der Waals surface area contributed by atoms with Crippen LogP contribution in [0.2, 0.25) is 0 Å². The number of nitrogens with zero attached hydrogens (tertiary/aromatic N) is 3. The van der Waals surface area contributed by atoms with E-state index in [2.05, 4.69) is 15.3 Å². The van der Waals surface area contributed by atoms with Crippen LogP contribution in [0.15, 0.2) is 29.6 Å². The second kappa shape index (κ2) is 8.84. The van der Waals surface area contributed by atoms with E-state index < -0.39 is 50.8 Å². The number of pyridine rings is 2. The number of halogens is 5. The molecule has 13 heteroatoms. The summed E-state index contributed by atoms with van der Waals surface area (Å²) < 4.78 is 87.7. The molecular weight excluding hydrogens is 469 g/mol. The van der Waals surface area contributed by atoms with Gasteiger partial charge in [0.1, 0.15) is 10.8 Å². The quantitative estimate of drug-likeness (QED) is 0.604. The summed E-state index contributed by atoms with van der Waals surface area (Å²) in [6.45, 7) is 1.04. The van der Waals surface area contributed by atoms with Crippen LogP contribution in [0.4, 0.5) is 33.5 Å². The van der Waals surface area contributed by atoms with Crippen LogP contribution in [0.1, 0.15) is 40.7 Å². The van der Waals surface area contributed by atoms with Gasteiger partial charge in [0.15, 0.2) is 0 Å². The second-order valence-electron chi connectivity index (χ2n) is 7.87. The van der Waals surface area contributed by atoms with Gasteiger partial charge in [0.2, 0.25) is 5.92 Å². The van der Waals surface area contributed by atoms with E-state index >= 15 is 0 Å². The highest BCUT2D eigenvalue weighted by Crippen LogP contribution is 2.37. The number of alkyl halides is 5. The Morgan fingerprint density at radius 3 is 2.58 bits per heavy atom. The van der Waals surface area contributed by atoms with Gasteiger partial charge in [0.05, 0.1) is 20.9 Å². The Kier molecular flexibility index (Phi) is 6.65. The molecule has 0 bridgehead atoms. The monoisotopic (exact) mass is 491 g/mol. The highest BCUT2D eigenvalue weighted by atomic mass is 32.2. The molecule has 0 radical (unpaired) electrons. The van der Waals surface area contributed by atoms with Gasteiger partial charge in [0, 0.05) is 50.3 Å². The molecule has 2 N–H and O–H groups in total. The maximum atomic E-state index is 13.8. The number of hydrogen-bond acceptors (Lipinski definition) is 6. The van der Waals surface area contributed by atoms with E-state index in [9.17, 15) is 31.0 Å².